The summed E-state index contributed by atoms with van der Waals surface area (Å²) in [5, 5.41) is 7.53. The van der Waals surface area contributed by atoms with Crippen LogP contribution in [0.1, 0.15) is 58.2 Å². The van der Waals surface area contributed by atoms with Crippen molar-refractivity contribution >= 4 is 5.91 Å². The summed E-state index contributed by atoms with van der Waals surface area (Å²) < 4.78 is 7.86. The van der Waals surface area contributed by atoms with Gasteiger partial charge in [-0.25, -0.2) is 0 Å². The van der Waals surface area contributed by atoms with Crippen molar-refractivity contribution in [2.45, 2.75) is 53.8 Å². The minimum atomic E-state index is -0.113. The van der Waals surface area contributed by atoms with Gasteiger partial charge in [0.25, 0.3) is 5.91 Å². The van der Waals surface area contributed by atoms with Crippen molar-refractivity contribution < 1.29 is 9.53 Å². The lowest BCUT2D eigenvalue weighted by Crippen LogP contribution is -2.27. The number of benzene rings is 2. The quantitative estimate of drug-likeness (QED) is 0.623. The summed E-state index contributed by atoms with van der Waals surface area (Å²) in [6.07, 6.45) is 1.99. The van der Waals surface area contributed by atoms with Crippen LogP contribution in [0.25, 0.3) is 0 Å². The Hall–Kier alpha value is -3.08. The van der Waals surface area contributed by atoms with E-state index in [2.05, 4.69) is 22.5 Å². The Kier molecular flexibility index (Phi) is 6.37. The zero-order valence-corrected chi connectivity index (χ0v) is 17.8. The Morgan fingerprint density at radius 3 is 2.69 bits per heavy atom. The first-order valence-corrected chi connectivity index (χ1v) is 10.0. The highest BCUT2D eigenvalue weighted by Gasteiger charge is 2.16. The zero-order chi connectivity index (χ0) is 21.0. The first kappa shape index (κ1) is 20.6. The average Bonchev–Trinajstić information content (AvgIpc) is 3.10. The van der Waals surface area contributed by atoms with E-state index >= 15 is 0 Å². The summed E-state index contributed by atoms with van der Waals surface area (Å²) >= 11 is 0. The molecule has 1 N–H and O–H groups in total. The molecular weight excluding hydrogens is 362 g/mol. The van der Waals surface area contributed by atoms with Crippen LogP contribution in [0, 0.1) is 20.8 Å². The number of aromatic nitrogens is 2. The fraction of sp³-hybridized carbons (Fsp3) is 0.333. The molecule has 1 amide bonds. The van der Waals surface area contributed by atoms with Gasteiger partial charge in [0.1, 0.15) is 12.4 Å². The van der Waals surface area contributed by atoms with Gasteiger partial charge in [-0.1, -0.05) is 24.3 Å². The van der Waals surface area contributed by atoms with Crippen molar-refractivity contribution in [3.05, 3.63) is 82.2 Å². The topological polar surface area (TPSA) is 56.2 Å². The van der Waals surface area contributed by atoms with Crippen molar-refractivity contribution in [1.82, 2.24) is 15.1 Å². The average molecular weight is 392 g/mol. The summed E-state index contributed by atoms with van der Waals surface area (Å²) in [4.78, 5) is 12.8. The number of aryl methyl sites for hydroxylation is 4. The molecule has 2 aromatic carbocycles. The fourth-order valence-electron chi connectivity index (χ4n) is 3.30. The van der Waals surface area contributed by atoms with Crippen molar-refractivity contribution in [3.8, 4) is 5.75 Å². The van der Waals surface area contributed by atoms with Crippen LogP contribution in [0.3, 0.4) is 0 Å². The number of carbonyl (C=O) groups is 1. The van der Waals surface area contributed by atoms with E-state index in [0.717, 1.165) is 40.2 Å². The first-order valence-electron chi connectivity index (χ1n) is 10.0. The van der Waals surface area contributed by atoms with Gasteiger partial charge in [0.2, 0.25) is 0 Å². The Labute approximate surface area is 172 Å². The molecule has 0 fully saturated rings. The Balaban J connectivity index is 1.67. The summed E-state index contributed by atoms with van der Waals surface area (Å²) in [6, 6.07) is 13.6. The molecular formula is C24H29N3O2. The summed E-state index contributed by atoms with van der Waals surface area (Å²) in [5.41, 5.74) is 5.82. The van der Waals surface area contributed by atoms with Crippen LogP contribution in [-0.4, -0.2) is 15.7 Å². The Morgan fingerprint density at radius 2 is 1.97 bits per heavy atom. The summed E-state index contributed by atoms with van der Waals surface area (Å²) in [6.45, 7) is 11.3. The fourth-order valence-corrected chi connectivity index (χ4v) is 3.30. The van der Waals surface area contributed by atoms with Crippen LogP contribution < -0.4 is 10.1 Å². The second kappa shape index (κ2) is 8.95. The van der Waals surface area contributed by atoms with E-state index in [0.29, 0.717) is 12.2 Å². The maximum absolute atomic E-state index is 12.8. The van der Waals surface area contributed by atoms with Gasteiger partial charge < -0.3 is 10.1 Å². The number of amides is 1. The van der Waals surface area contributed by atoms with Crippen LogP contribution in [-0.2, 0) is 13.2 Å². The molecule has 3 aromatic rings. The molecule has 0 radical (unpaired) electrons. The van der Waals surface area contributed by atoms with E-state index in [-0.39, 0.29) is 11.9 Å². The van der Waals surface area contributed by atoms with Gasteiger partial charge >= 0.3 is 0 Å². The molecule has 5 heteroatoms. The van der Waals surface area contributed by atoms with Crippen molar-refractivity contribution in [1.29, 1.82) is 0 Å². The van der Waals surface area contributed by atoms with E-state index in [1.165, 1.54) is 0 Å². The molecule has 29 heavy (non-hydrogen) atoms. The zero-order valence-electron chi connectivity index (χ0n) is 17.8. The molecule has 1 unspecified atom stereocenters. The molecule has 0 saturated heterocycles. The number of carbonyl (C=O) groups excluding carboxylic acids is 1. The molecule has 0 spiro atoms. The van der Waals surface area contributed by atoms with E-state index < -0.39 is 0 Å². The molecule has 0 aliphatic carbocycles. The lowest BCUT2D eigenvalue weighted by Gasteiger charge is -2.14. The maximum atomic E-state index is 12.8. The molecule has 1 heterocycles. The molecule has 0 aliphatic rings. The second-order valence-electron chi connectivity index (χ2n) is 7.48. The molecule has 1 aromatic heterocycles. The minimum Gasteiger partial charge on any atom is -0.489 e. The monoisotopic (exact) mass is 391 g/mol. The highest BCUT2D eigenvalue weighted by molar-refractivity contribution is 5.94. The molecule has 1 atom stereocenters. The number of rotatable bonds is 7. The number of ether oxygens (including phenoxy) is 1. The van der Waals surface area contributed by atoms with Gasteiger partial charge in [-0.2, -0.15) is 5.10 Å². The number of nitrogens with zero attached hydrogens (tertiary/aromatic N) is 2. The largest absolute Gasteiger partial charge is 0.489 e. The number of nitrogens with one attached hydrogen (secondary N) is 1. The molecule has 0 bridgehead atoms. The van der Waals surface area contributed by atoms with Gasteiger partial charge in [0, 0.05) is 23.9 Å². The first-order chi connectivity index (χ1) is 13.9. The van der Waals surface area contributed by atoms with Gasteiger partial charge in [0.15, 0.2) is 0 Å². The van der Waals surface area contributed by atoms with E-state index in [1.54, 1.807) is 0 Å². The minimum absolute atomic E-state index is 0.102. The second-order valence-corrected chi connectivity index (χ2v) is 7.48. The Bertz CT molecular complexity index is 1010. The predicted molar refractivity (Wildman–Crippen MR) is 115 cm³/mol. The van der Waals surface area contributed by atoms with E-state index in [1.807, 2.05) is 75.8 Å². The molecule has 3 rings (SSSR count). The number of hydrogen-bond acceptors (Lipinski definition) is 3. The van der Waals surface area contributed by atoms with Crippen molar-refractivity contribution in [2.24, 2.45) is 0 Å². The van der Waals surface area contributed by atoms with Crippen molar-refractivity contribution in [3.63, 3.8) is 0 Å². The van der Waals surface area contributed by atoms with E-state index in [4.69, 9.17) is 4.74 Å². The van der Waals surface area contributed by atoms with Gasteiger partial charge in [0.05, 0.1) is 11.7 Å². The van der Waals surface area contributed by atoms with Crippen LogP contribution in [0.4, 0.5) is 0 Å². The van der Waals surface area contributed by atoms with Crippen LogP contribution in [0.2, 0.25) is 0 Å². The lowest BCUT2D eigenvalue weighted by atomic mass is 10.1. The molecule has 0 aliphatic heterocycles. The highest BCUT2D eigenvalue weighted by atomic mass is 16.5. The van der Waals surface area contributed by atoms with Crippen LogP contribution in [0.5, 0.6) is 5.75 Å². The number of hydrogen-bond donors (Lipinski definition) is 1. The summed E-state index contributed by atoms with van der Waals surface area (Å²) in [5.74, 6) is 0.770. The lowest BCUT2D eigenvalue weighted by molar-refractivity contribution is 0.0939. The summed E-state index contributed by atoms with van der Waals surface area (Å²) in [7, 11) is 0. The molecule has 0 saturated carbocycles. The van der Waals surface area contributed by atoms with Gasteiger partial charge in [-0.15, -0.1) is 0 Å². The normalized spacial score (nSPS) is 11.9. The highest BCUT2D eigenvalue weighted by Crippen LogP contribution is 2.21. The van der Waals surface area contributed by atoms with Crippen LogP contribution >= 0.6 is 0 Å². The van der Waals surface area contributed by atoms with Gasteiger partial charge in [-0.05, 0) is 69.5 Å². The third-order valence-electron chi connectivity index (χ3n) is 5.05. The maximum Gasteiger partial charge on any atom is 0.251 e. The third-order valence-corrected chi connectivity index (χ3v) is 5.05. The van der Waals surface area contributed by atoms with E-state index in [9.17, 15) is 4.79 Å². The van der Waals surface area contributed by atoms with Crippen molar-refractivity contribution in [2.75, 3.05) is 0 Å². The molecule has 152 valence electrons. The SMILES string of the molecule is CCn1cc(C(C)NC(=O)c2cccc(COc3cc(C)ccc3C)c2)c(C)n1. The molecule has 5 nitrogen and oxygen atoms in total. The van der Waals surface area contributed by atoms with Gasteiger partial charge in [-0.3, -0.25) is 9.48 Å². The smallest absolute Gasteiger partial charge is 0.251 e. The Morgan fingerprint density at radius 1 is 1.17 bits per heavy atom. The standard InChI is InChI=1S/C24H29N3O2/c1-6-27-14-22(19(5)26-27)18(4)25-24(28)21-9-7-8-20(13-21)15-29-23-12-16(2)10-11-17(23)3/h7-14,18H,6,15H2,1-5H3,(H,25,28). The van der Waals surface area contributed by atoms with Crippen LogP contribution in [0.15, 0.2) is 48.7 Å². The predicted octanol–water partition coefficient (Wildman–Crippen LogP) is 4.90. The third kappa shape index (κ3) is 5.05.